The van der Waals surface area contributed by atoms with E-state index in [1.807, 2.05) is 0 Å². The van der Waals surface area contributed by atoms with E-state index in [0.29, 0.717) is 16.3 Å². The third kappa shape index (κ3) is 5.23. The molecule has 4 nitrogen and oxygen atoms in total. The Balaban J connectivity index is 1.85. The Labute approximate surface area is 138 Å². The van der Waals surface area contributed by atoms with Crippen molar-refractivity contribution in [3.05, 3.63) is 64.9 Å². The first-order valence-electron chi connectivity index (χ1n) is 7.09. The monoisotopic (exact) mass is 337 g/mol. The fourth-order valence-electron chi connectivity index (χ4n) is 1.94. The first-order chi connectivity index (χ1) is 11.0. The molecular formula is C17H17ClFNO3. The van der Waals surface area contributed by atoms with Crippen LogP contribution in [0.4, 0.5) is 4.39 Å². The Morgan fingerprint density at radius 2 is 2.00 bits per heavy atom. The highest BCUT2D eigenvalue weighted by molar-refractivity contribution is 6.30. The summed E-state index contributed by atoms with van der Waals surface area (Å²) in [6.45, 7) is 1.61. The second kappa shape index (κ2) is 7.94. The molecule has 2 aromatic carbocycles. The van der Waals surface area contributed by atoms with Gasteiger partial charge in [0.1, 0.15) is 11.6 Å². The molecular weight excluding hydrogens is 321 g/mol. The number of rotatable bonds is 6. The fraction of sp³-hybridized carbons (Fsp3) is 0.235. The molecule has 122 valence electrons. The van der Waals surface area contributed by atoms with Gasteiger partial charge in [0.25, 0.3) is 5.91 Å². The first-order valence-corrected chi connectivity index (χ1v) is 7.47. The summed E-state index contributed by atoms with van der Waals surface area (Å²) in [7, 11) is 0. The van der Waals surface area contributed by atoms with Gasteiger partial charge in [-0.15, -0.1) is 0 Å². The van der Waals surface area contributed by atoms with Crippen molar-refractivity contribution in [1.29, 1.82) is 0 Å². The average Bonchev–Trinajstić information content (AvgIpc) is 2.53. The van der Waals surface area contributed by atoms with Gasteiger partial charge in [0, 0.05) is 11.6 Å². The standard InChI is InChI=1S/C17H17ClFNO3/c1-11(23-15-4-2-3-13(18)9-15)17(22)20-10-16(21)12-5-7-14(19)8-6-12/h2-9,11,16,21H,10H2,1H3,(H,20,22). The summed E-state index contributed by atoms with van der Waals surface area (Å²) in [6, 6.07) is 12.2. The maximum Gasteiger partial charge on any atom is 0.260 e. The molecule has 0 heterocycles. The smallest absolute Gasteiger partial charge is 0.260 e. The summed E-state index contributed by atoms with van der Waals surface area (Å²) in [5.74, 6) is -0.265. The van der Waals surface area contributed by atoms with Crippen molar-refractivity contribution in [2.45, 2.75) is 19.1 Å². The molecule has 0 aliphatic rings. The first kappa shape index (κ1) is 17.2. The molecule has 0 fully saturated rings. The third-order valence-electron chi connectivity index (χ3n) is 3.20. The van der Waals surface area contributed by atoms with E-state index >= 15 is 0 Å². The molecule has 2 unspecified atom stereocenters. The van der Waals surface area contributed by atoms with Gasteiger partial charge in [-0.05, 0) is 42.8 Å². The zero-order valence-electron chi connectivity index (χ0n) is 12.5. The molecule has 2 aromatic rings. The van der Waals surface area contributed by atoms with Crippen LogP contribution in [-0.4, -0.2) is 23.7 Å². The Kier molecular flexibility index (Phi) is 5.96. The minimum atomic E-state index is -0.919. The second-order valence-electron chi connectivity index (χ2n) is 5.03. The van der Waals surface area contributed by atoms with Crippen molar-refractivity contribution in [2.75, 3.05) is 6.54 Å². The number of hydrogen-bond acceptors (Lipinski definition) is 3. The summed E-state index contributed by atoms with van der Waals surface area (Å²) in [6.07, 6.45) is -1.66. The number of carbonyl (C=O) groups excluding carboxylic acids is 1. The fourth-order valence-corrected chi connectivity index (χ4v) is 2.12. The zero-order valence-corrected chi connectivity index (χ0v) is 13.3. The highest BCUT2D eigenvalue weighted by atomic mass is 35.5. The second-order valence-corrected chi connectivity index (χ2v) is 5.47. The van der Waals surface area contributed by atoms with E-state index in [9.17, 15) is 14.3 Å². The van der Waals surface area contributed by atoms with Crippen molar-refractivity contribution in [3.63, 3.8) is 0 Å². The molecule has 2 atom stereocenters. The topological polar surface area (TPSA) is 58.6 Å². The normalized spacial score (nSPS) is 13.2. The minimum Gasteiger partial charge on any atom is -0.481 e. The zero-order chi connectivity index (χ0) is 16.8. The lowest BCUT2D eigenvalue weighted by Gasteiger charge is -2.17. The SMILES string of the molecule is CC(Oc1cccc(Cl)c1)C(=O)NCC(O)c1ccc(F)cc1. The summed E-state index contributed by atoms with van der Waals surface area (Å²) in [5.41, 5.74) is 0.523. The molecule has 0 aromatic heterocycles. The van der Waals surface area contributed by atoms with Crippen LogP contribution in [-0.2, 0) is 4.79 Å². The van der Waals surface area contributed by atoms with Gasteiger partial charge in [-0.25, -0.2) is 4.39 Å². The largest absolute Gasteiger partial charge is 0.481 e. The van der Waals surface area contributed by atoms with Gasteiger partial charge in [-0.2, -0.15) is 0 Å². The van der Waals surface area contributed by atoms with E-state index < -0.39 is 12.2 Å². The Morgan fingerprint density at radius 3 is 2.65 bits per heavy atom. The number of ether oxygens (including phenoxy) is 1. The third-order valence-corrected chi connectivity index (χ3v) is 3.44. The highest BCUT2D eigenvalue weighted by Crippen LogP contribution is 2.18. The van der Waals surface area contributed by atoms with Gasteiger partial charge in [0.2, 0.25) is 0 Å². The van der Waals surface area contributed by atoms with Gasteiger partial charge in [-0.3, -0.25) is 4.79 Å². The summed E-state index contributed by atoms with van der Waals surface area (Å²) < 4.78 is 18.3. The van der Waals surface area contributed by atoms with Crippen LogP contribution in [0.2, 0.25) is 5.02 Å². The number of halogens is 2. The Morgan fingerprint density at radius 1 is 1.30 bits per heavy atom. The number of amides is 1. The van der Waals surface area contributed by atoms with Gasteiger partial charge < -0.3 is 15.2 Å². The highest BCUT2D eigenvalue weighted by Gasteiger charge is 2.16. The number of hydrogen-bond donors (Lipinski definition) is 2. The van der Waals surface area contributed by atoms with Crippen molar-refractivity contribution < 1.29 is 19.0 Å². The van der Waals surface area contributed by atoms with E-state index in [0.717, 1.165) is 0 Å². The van der Waals surface area contributed by atoms with Crippen LogP contribution in [0.3, 0.4) is 0 Å². The lowest BCUT2D eigenvalue weighted by Crippen LogP contribution is -2.38. The van der Waals surface area contributed by atoms with Crippen LogP contribution in [0.15, 0.2) is 48.5 Å². The van der Waals surface area contributed by atoms with Crippen LogP contribution < -0.4 is 10.1 Å². The van der Waals surface area contributed by atoms with Gasteiger partial charge >= 0.3 is 0 Å². The molecule has 6 heteroatoms. The molecule has 23 heavy (non-hydrogen) atoms. The molecule has 0 spiro atoms. The molecule has 1 amide bonds. The van der Waals surface area contributed by atoms with Crippen molar-refractivity contribution in [3.8, 4) is 5.75 Å². The average molecular weight is 338 g/mol. The van der Waals surface area contributed by atoms with E-state index in [-0.39, 0.29) is 18.3 Å². The van der Waals surface area contributed by atoms with Gasteiger partial charge in [-0.1, -0.05) is 29.8 Å². The summed E-state index contributed by atoms with van der Waals surface area (Å²) in [5, 5.41) is 13.1. The lowest BCUT2D eigenvalue weighted by atomic mass is 10.1. The van der Waals surface area contributed by atoms with Crippen LogP contribution in [0.25, 0.3) is 0 Å². The number of nitrogens with one attached hydrogen (secondary N) is 1. The van der Waals surface area contributed by atoms with Gasteiger partial charge in [0.05, 0.1) is 6.10 Å². The van der Waals surface area contributed by atoms with Crippen molar-refractivity contribution in [1.82, 2.24) is 5.32 Å². The molecule has 0 saturated carbocycles. The molecule has 0 bridgehead atoms. The Bertz CT molecular complexity index is 663. The van der Waals surface area contributed by atoms with Crippen molar-refractivity contribution >= 4 is 17.5 Å². The predicted octanol–water partition coefficient (Wildman–Crippen LogP) is 3.10. The quantitative estimate of drug-likeness (QED) is 0.851. The number of aliphatic hydroxyl groups is 1. The van der Waals surface area contributed by atoms with E-state index in [1.165, 1.54) is 24.3 Å². The van der Waals surface area contributed by atoms with Crippen molar-refractivity contribution in [2.24, 2.45) is 0 Å². The van der Waals surface area contributed by atoms with E-state index in [2.05, 4.69) is 5.32 Å². The molecule has 0 radical (unpaired) electrons. The van der Waals surface area contributed by atoms with E-state index in [4.69, 9.17) is 16.3 Å². The van der Waals surface area contributed by atoms with Gasteiger partial charge in [0.15, 0.2) is 6.10 Å². The Hall–Kier alpha value is -2.11. The molecule has 2 rings (SSSR count). The van der Waals surface area contributed by atoms with Crippen LogP contribution >= 0.6 is 11.6 Å². The number of carbonyl (C=O) groups is 1. The molecule has 0 aliphatic carbocycles. The van der Waals surface area contributed by atoms with E-state index in [1.54, 1.807) is 31.2 Å². The lowest BCUT2D eigenvalue weighted by molar-refractivity contribution is -0.127. The molecule has 0 aliphatic heterocycles. The predicted molar refractivity (Wildman–Crippen MR) is 85.9 cm³/mol. The number of benzene rings is 2. The summed E-state index contributed by atoms with van der Waals surface area (Å²) in [4.78, 5) is 12.0. The maximum atomic E-state index is 12.8. The molecule has 0 saturated heterocycles. The van der Waals surface area contributed by atoms with Crippen LogP contribution in [0, 0.1) is 5.82 Å². The maximum absolute atomic E-state index is 12.8. The summed E-state index contributed by atoms with van der Waals surface area (Å²) >= 11 is 5.85. The minimum absolute atomic E-state index is 0.00765. The number of aliphatic hydroxyl groups excluding tert-OH is 1. The van der Waals surface area contributed by atoms with Crippen LogP contribution in [0.1, 0.15) is 18.6 Å². The molecule has 2 N–H and O–H groups in total. The van der Waals surface area contributed by atoms with Crippen LogP contribution in [0.5, 0.6) is 5.75 Å².